The molecule has 17 heavy (non-hydrogen) atoms. The molecule has 2 heteroatoms. The fourth-order valence-corrected chi connectivity index (χ4v) is 2.67. The van der Waals surface area contributed by atoms with Gasteiger partial charge in [0.2, 0.25) is 0 Å². The average Bonchev–Trinajstić information content (AvgIpc) is 2.58. The Hall–Kier alpha value is -1.18. The van der Waals surface area contributed by atoms with Crippen LogP contribution in [-0.4, -0.2) is 5.78 Å². The van der Waals surface area contributed by atoms with Gasteiger partial charge >= 0.3 is 0 Å². The van der Waals surface area contributed by atoms with E-state index in [9.17, 15) is 9.18 Å². The Morgan fingerprint density at radius 2 is 1.82 bits per heavy atom. The van der Waals surface area contributed by atoms with E-state index in [0.29, 0.717) is 11.5 Å². The largest absolute Gasteiger partial charge is 0.295 e. The molecule has 0 bridgehead atoms. The molecule has 0 saturated heterocycles. The predicted molar refractivity (Wildman–Crippen MR) is 66.8 cm³/mol. The number of Topliss-reactive ketones (excluding diaryl/α,β-unsaturated/α-hetero) is 1. The zero-order chi connectivity index (χ0) is 12.3. The van der Waals surface area contributed by atoms with Gasteiger partial charge in [-0.2, -0.15) is 0 Å². The van der Waals surface area contributed by atoms with Crippen LogP contribution in [0.3, 0.4) is 0 Å². The van der Waals surface area contributed by atoms with Gasteiger partial charge in [-0.1, -0.05) is 25.7 Å². The lowest BCUT2D eigenvalue weighted by Gasteiger charge is -2.16. The number of ketones is 1. The van der Waals surface area contributed by atoms with E-state index in [1.54, 1.807) is 12.1 Å². The number of rotatable bonds is 2. The highest BCUT2D eigenvalue weighted by atomic mass is 19.1. The van der Waals surface area contributed by atoms with Crippen LogP contribution in [0.1, 0.15) is 67.3 Å². The van der Waals surface area contributed by atoms with Gasteiger partial charge < -0.3 is 0 Å². The number of hydrogen-bond acceptors (Lipinski definition) is 1. The summed E-state index contributed by atoms with van der Waals surface area (Å²) in [4.78, 5) is 11.3. The van der Waals surface area contributed by atoms with E-state index >= 15 is 0 Å². The molecule has 0 N–H and O–H groups in total. The molecular formula is C15H19FO. The van der Waals surface area contributed by atoms with E-state index in [-0.39, 0.29) is 11.6 Å². The number of benzene rings is 1. The Morgan fingerprint density at radius 1 is 1.18 bits per heavy atom. The first kappa shape index (κ1) is 12.3. The molecule has 0 unspecified atom stereocenters. The molecule has 1 aromatic carbocycles. The number of carbonyl (C=O) groups is 1. The minimum absolute atomic E-state index is 0.0138. The van der Waals surface area contributed by atoms with E-state index in [1.807, 2.05) is 0 Å². The number of carbonyl (C=O) groups excluding carboxylic acids is 1. The van der Waals surface area contributed by atoms with Crippen molar-refractivity contribution < 1.29 is 9.18 Å². The van der Waals surface area contributed by atoms with Crippen LogP contribution in [0.25, 0.3) is 0 Å². The maximum atomic E-state index is 13.8. The van der Waals surface area contributed by atoms with E-state index in [1.165, 1.54) is 38.7 Å². The molecule has 0 aromatic heterocycles. The van der Waals surface area contributed by atoms with Crippen molar-refractivity contribution in [3.8, 4) is 0 Å². The number of hydrogen-bond donors (Lipinski definition) is 0. The lowest BCUT2D eigenvalue weighted by atomic mass is 9.90. The van der Waals surface area contributed by atoms with Gasteiger partial charge in [0.05, 0.1) is 0 Å². The molecule has 1 aliphatic rings. The van der Waals surface area contributed by atoms with Crippen LogP contribution >= 0.6 is 0 Å². The molecule has 1 fully saturated rings. The second-order valence-corrected chi connectivity index (χ2v) is 4.98. The standard InChI is InChI=1S/C15H19FO/c1-11(17)13-8-9-15(16)14(10-13)12-6-4-2-3-5-7-12/h8-10,12H,2-7H2,1H3. The zero-order valence-electron chi connectivity index (χ0n) is 10.3. The summed E-state index contributed by atoms with van der Waals surface area (Å²) in [5.41, 5.74) is 1.38. The molecular weight excluding hydrogens is 215 g/mol. The molecule has 1 nitrogen and oxygen atoms in total. The molecule has 0 aliphatic heterocycles. The Bertz CT molecular complexity index is 403. The second kappa shape index (κ2) is 5.44. The lowest BCUT2D eigenvalue weighted by molar-refractivity contribution is 0.101. The van der Waals surface area contributed by atoms with Gasteiger partial charge in [-0.3, -0.25) is 4.79 Å². The minimum Gasteiger partial charge on any atom is -0.295 e. The highest BCUT2D eigenvalue weighted by Gasteiger charge is 2.18. The van der Waals surface area contributed by atoms with Gasteiger partial charge in [0.15, 0.2) is 5.78 Å². The van der Waals surface area contributed by atoms with Crippen LogP contribution in [0.15, 0.2) is 18.2 Å². The van der Waals surface area contributed by atoms with Gasteiger partial charge in [-0.25, -0.2) is 4.39 Å². The first-order chi connectivity index (χ1) is 8.18. The van der Waals surface area contributed by atoms with Crippen molar-refractivity contribution in [2.45, 2.75) is 51.4 Å². The summed E-state index contributed by atoms with van der Waals surface area (Å²) in [5, 5.41) is 0. The predicted octanol–water partition coefficient (Wildman–Crippen LogP) is 4.47. The number of halogens is 1. The van der Waals surface area contributed by atoms with Gasteiger partial charge in [0.25, 0.3) is 0 Å². The fourth-order valence-electron chi connectivity index (χ4n) is 2.67. The fraction of sp³-hybridized carbons (Fsp3) is 0.533. The third kappa shape index (κ3) is 2.93. The molecule has 1 aliphatic carbocycles. The van der Waals surface area contributed by atoms with Crippen LogP contribution in [0.2, 0.25) is 0 Å². The molecule has 92 valence electrons. The van der Waals surface area contributed by atoms with Crippen LogP contribution in [0.4, 0.5) is 4.39 Å². The molecule has 2 rings (SSSR count). The average molecular weight is 234 g/mol. The molecule has 0 atom stereocenters. The Labute approximate surface area is 102 Å². The van der Waals surface area contributed by atoms with E-state index in [0.717, 1.165) is 18.4 Å². The summed E-state index contributed by atoms with van der Waals surface area (Å²) in [6.07, 6.45) is 6.97. The SMILES string of the molecule is CC(=O)c1ccc(F)c(C2CCCCCC2)c1. The Balaban J connectivity index is 2.28. The Kier molecular flexibility index (Phi) is 3.93. The third-order valence-corrected chi connectivity index (χ3v) is 3.70. The van der Waals surface area contributed by atoms with Gasteiger partial charge in [-0.05, 0) is 49.4 Å². The Morgan fingerprint density at radius 3 is 2.41 bits per heavy atom. The lowest BCUT2D eigenvalue weighted by Crippen LogP contribution is -2.03. The summed E-state index contributed by atoms with van der Waals surface area (Å²) in [6.45, 7) is 1.53. The monoisotopic (exact) mass is 234 g/mol. The van der Waals surface area contributed by atoms with Crippen molar-refractivity contribution in [3.63, 3.8) is 0 Å². The van der Waals surface area contributed by atoms with Crippen LogP contribution in [-0.2, 0) is 0 Å². The normalized spacial score (nSPS) is 17.8. The molecule has 1 saturated carbocycles. The summed E-state index contributed by atoms with van der Waals surface area (Å²) in [6, 6.07) is 4.78. The maximum absolute atomic E-state index is 13.8. The van der Waals surface area contributed by atoms with Crippen molar-refractivity contribution in [2.24, 2.45) is 0 Å². The van der Waals surface area contributed by atoms with Gasteiger partial charge in [-0.15, -0.1) is 0 Å². The molecule has 0 heterocycles. The van der Waals surface area contributed by atoms with Crippen molar-refractivity contribution in [3.05, 3.63) is 35.1 Å². The molecule has 1 aromatic rings. The van der Waals surface area contributed by atoms with E-state index in [4.69, 9.17) is 0 Å². The summed E-state index contributed by atoms with van der Waals surface area (Å²) >= 11 is 0. The van der Waals surface area contributed by atoms with Crippen LogP contribution < -0.4 is 0 Å². The van der Waals surface area contributed by atoms with Crippen LogP contribution in [0, 0.1) is 5.82 Å². The van der Waals surface area contributed by atoms with Gasteiger partial charge in [0, 0.05) is 5.56 Å². The summed E-state index contributed by atoms with van der Waals surface area (Å²) < 4.78 is 13.8. The topological polar surface area (TPSA) is 17.1 Å². The smallest absolute Gasteiger partial charge is 0.159 e. The summed E-state index contributed by atoms with van der Waals surface area (Å²) in [5.74, 6) is 0.165. The van der Waals surface area contributed by atoms with Crippen molar-refractivity contribution in [1.29, 1.82) is 0 Å². The minimum atomic E-state index is -0.151. The first-order valence-corrected chi connectivity index (χ1v) is 6.49. The highest BCUT2D eigenvalue weighted by molar-refractivity contribution is 5.94. The second-order valence-electron chi connectivity index (χ2n) is 4.98. The quantitative estimate of drug-likeness (QED) is 0.545. The van der Waals surface area contributed by atoms with Crippen molar-refractivity contribution in [2.75, 3.05) is 0 Å². The van der Waals surface area contributed by atoms with Crippen LogP contribution in [0.5, 0.6) is 0 Å². The van der Waals surface area contributed by atoms with Crippen molar-refractivity contribution in [1.82, 2.24) is 0 Å². The van der Waals surface area contributed by atoms with Gasteiger partial charge in [0.1, 0.15) is 5.82 Å². The highest BCUT2D eigenvalue weighted by Crippen LogP contribution is 2.33. The maximum Gasteiger partial charge on any atom is 0.159 e. The zero-order valence-corrected chi connectivity index (χ0v) is 10.3. The molecule has 0 amide bonds. The van der Waals surface area contributed by atoms with E-state index < -0.39 is 0 Å². The molecule has 0 radical (unpaired) electrons. The van der Waals surface area contributed by atoms with Crippen molar-refractivity contribution >= 4 is 5.78 Å². The molecule has 0 spiro atoms. The third-order valence-electron chi connectivity index (χ3n) is 3.70. The van der Waals surface area contributed by atoms with E-state index in [2.05, 4.69) is 0 Å². The first-order valence-electron chi connectivity index (χ1n) is 6.49. The summed E-state index contributed by atoms with van der Waals surface area (Å²) in [7, 11) is 0.